The monoisotopic (exact) mass is 530 g/mol. The van der Waals surface area contributed by atoms with Crippen LogP contribution < -0.4 is 10.7 Å². The summed E-state index contributed by atoms with van der Waals surface area (Å²) in [4.78, 5) is 30.4. The van der Waals surface area contributed by atoms with Gasteiger partial charge in [0.15, 0.2) is 5.76 Å². The van der Waals surface area contributed by atoms with Crippen LogP contribution in [0, 0.1) is 0 Å². The Balaban J connectivity index is 1.34. The van der Waals surface area contributed by atoms with Gasteiger partial charge in [0.25, 0.3) is 11.8 Å². The van der Waals surface area contributed by atoms with Crippen LogP contribution in [0.3, 0.4) is 0 Å². The lowest BCUT2D eigenvalue weighted by atomic mass is 9.96. The molecule has 0 saturated carbocycles. The van der Waals surface area contributed by atoms with Crippen LogP contribution in [0.1, 0.15) is 65.1 Å². The Bertz CT molecular complexity index is 1670. The number of anilines is 1. The largest absolute Gasteiger partial charge is 0.459 e. The molecule has 0 aliphatic carbocycles. The van der Waals surface area contributed by atoms with Gasteiger partial charge in [0.1, 0.15) is 0 Å². The van der Waals surface area contributed by atoms with Crippen molar-refractivity contribution < 1.29 is 14.0 Å². The standard InChI is InChI=1S/C33H30N4O3/c1-4-21(2)23-11-13-25(14-12-23)30-20-28(27-8-5-6-9-29(27)35-30)32(38)37-36-22(3)24-15-17-26(18-16-24)34-33(39)31-10-7-19-40-31/h5-21H,4H2,1-3H3,(H,34,39)(H,37,38)/b36-22+. The van der Waals surface area contributed by atoms with Crippen molar-refractivity contribution in [3.63, 3.8) is 0 Å². The number of carbonyl (C=O) groups is 2. The van der Waals surface area contributed by atoms with Gasteiger partial charge in [0, 0.05) is 16.6 Å². The molecule has 0 aliphatic rings. The molecule has 7 heteroatoms. The van der Waals surface area contributed by atoms with Crippen LogP contribution in [-0.2, 0) is 0 Å². The maximum Gasteiger partial charge on any atom is 0.291 e. The lowest BCUT2D eigenvalue weighted by Gasteiger charge is -2.12. The van der Waals surface area contributed by atoms with Gasteiger partial charge < -0.3 is 9.73 Å². The van der Waals surface area contributed by atoms with Crippen molar-refractivity contribution in [2.24, 2.45) is 5.10 Å². The second kappa shape index (κ2) is 11.8. The van der Waals surface area contributed by atoms with Gasteiger partial charge >= 0.3 is 0 Å². The summed E-state index contributed by atoms with van der Waals surface area (Å²) in [5.74, 6) is 0.0701. The van der Waals surface area contributed by atoms with Crippen LogP contribution >= 0.6 is 0 Å². The second-order valence-corrected chi connectivity index (χ2v) is 9.65. The van der Waals surface area contributed by atoms with Gasteiger partial charge in [-0.1, -0.05) is 68.4 Å². The lowest BCUT2D eigenvalue weighted by molar-refractivity contribution is 0.0955. The Morgan fingerprint density at radius 3 is 2.38 bits per heavy atom. The number of benzene rings is 3. The SMILES string of the molecule is CCC(C)c1ccc(-c2cc(C(=O)N/N=C(\C)c3ccc(NC(=O)c4ccco4)cc3)c3ccccc3n2)cc1. The zero-order valence-corrected chi connectivity index (χ0v) is 22.6. The number of nitrogens with zero attached hydrogens (tertiary/aromatic N) is 2. The molecule has 2 amide bonds. The van der Waals surface area contributed by atoms with Crippen molar-refractivity contribution in [3.8, 4) is 11.3 Å². The minimum absolute atomic E-state index is 0.236. The van der Waals surface area contributed by atoms with Crippen LogP contribution in [-0.4, -0.2) is 22.5 Å². The number of rotatable bonds is 8. The molecule has 5 aromatic rings. The molecule has 0 spiro atoms. The van der Waals surface area contributed by atoms with Crippen molar-refractivity contribution in [3.05, 3.63) is 120 Å². The number of fused-ring (bicyclic) bond motifs is 1. The summed E-state index contributed by atoms with van der Waals surface area (Å²) in [6.07, 6.45) is 2.52. The van der Waals surface area contributed by atoms with E-state index in [0.717, 1.165) is 34.1 Å². The molecule has 40 heavy (non-hydrogen) atoms. The minimum atomic E-state index is -0.328. The number of carbonyl (C=O) groups excluding carboxylic acids is 2. The number of nitrogens with one attached hydrogen (secondary N) is 2. The van der Waals surface area contributed by atoms with E-state index in [0.29, 0.717) is 22.9 Å². The fourth-order valence-electron chi connectivity index (χ4n) is 4.38. The van der Waals surface area contributed by atoms with E-state index in [1.165, 1.54) is 11.8 Å². The van der Waals surface area contributed by atoms with E-state index in [1.807, 2.05) is 49.4 Å². The van der Waals surface area contributed by atoms with Crippen molar-refractivity contribution in [1.82, 2.24) is 10.4 Å². The molecule has 7 nitrogen and oxygen atoms in total. The lowest BCUT2D eigenvalue weighted by Crippen LogP contribution is -2.20. The topological polar surface area (TPSA) is 96.6 Å². The summed E-state index contributed by atoms with van der Waals surface area (Å²) < 4.78 is 5.12. The van der Waals surface area contributed by atoms with E-state index in [2.05, 4.69) is 54.0 Å². The van der Waals surface area contributed by atoms with Crippen LogP contribution in [0.2, 0.25) is 0 Å². The summed E-state index contributed by atoms with van der Waals surface area (Å²) >= 11 is 0. The quantitative estimate of drug-likeness (QED) is 0.161. The number of para-hydroxylation sites is 1. The number of hydrogen-bond donors (Lipinski definition) is 2. The molecule has 1 atom stereocenters. The van der Waals surface area contributed by atoms with Gasteiger partial charge in [-0.3, -0.25) is 9.59 Å². The summed E-state index contributed by atoms with van der Waals surface area (Å²) in [6.45, 7) is 6.20. The molecule has 2 N–H and O–H groups in total. The number of amides is 2. The molecule has 5 rings (SSSR count). The molecular weight excluding hydrogens is 500 g/mol. The Hall–Kier alpha value is -5.04. The van der Waals surface area contributed by atoms with Crippen molar-refractivity contribution >= 4 is 34.1 Å². The molecule has 0 fully saturated rings. The molecule has 200 valence electrons. The fraction of sp³-hybridized carbons (Fsp3) is 0.152. The first kappa shape index (κ1) is 26.6. The number of hydrogen-bond acceptors (Lipinski definition) is 5. The summed E-state index contributed by atoms with van der Waals surface area (Å²) in [5, 5.41) is 7.88. The van der Waals surface area contributed by atoms with E-state index < -0.39 is 0 Å². The molecule has 2 aromatic heterocycles. The highest BCUT2D eigenvalue weighted by Gasteiger charge is 2.15. The maximum atomic E-state index is 13.3. The average Bonchev–Trinajstić information content (AvgIpc) is 3.55. The van der Waals surface area contributed by atoms with E-state index >= 15 is 0 Å². The predicted molar refractivity (Wildman–Crippen MR) is 159 cm³/mol. The highest BCUT2D eigenvalue weighted by Crippen LogP contribution is 2.27. The number of pyridine rings is 1. The van der Waals surface area contributed by atoms with Crippen LogP contribution in [0.4, 0.5) is 5.69 Å². The normalized spacial score (nSPS) is 12.2. The Morgan fingerprint density at radius 2 is 1.68 bits per heavy atom. The van der Waals surface area contributed by atoms with Crippen LogP contribution in [0.25, 0.3) is 22.2 Å². The molecule has 0 saturated heterocycles. The van der Waals surface area contributed by atoms with E-state index in [1.54, 1.807) is 24.3 Å². The maximum absolute atomic E-state index is 13.3. The molecule has 3 aromatic carbocycles. The van der Waals surface area contributed by atoms with Gasteiger partial charge in [0.05, 0.1) is 28.7 Å². The van der Waals surface area contributed by atoms with Gasteiger partial charge in [-0.05, 0) is 66.8 Å². The summed E-state index contributed by atoms with van der Waals surface area (Å²) in [6, 6.07) is 28.2. The Labute approximate surface area is 233 Å². The third-order valence-corrected chi connectivity index (χ3v) is 6.98. The van der Waals surface area contributed by atoms with Crippen LogP contribution in [0.15, 0.2) is 107 Å². The zero-order chi connectivity index (χ0) is 28.1. The highest BCUT2D eigenvalue weighted by atomic mass is 16.3. The second-order valence-electron chi connectivity index (χ2n) is 9.65. The molecular formula is C33H30N4O3. The molecule has 0 aliphatic heterocycles. The van der Waals surface area contributed by atoms with Gasteiger partial charge in [-0.2, -0.15) is 5.10 Å². The summed E-state index contributed by atoms with van der Waals surface area (Å²) in [7, 11) is 0. The summed E-state index contributed by atoms with van der Waals surface area (Å²) in [5.41, 5.74) is 8.95. The molecule has 2 heterocycles. The van der Waals surface area contributed by atoms with E-state index in [9.17, 15) is 9.59 Å². The Kier molecular flexibility index (Phi) is 7.82. The van der Waals surface area contributed by atoms with Crippen molar-refractivity contribution in [2.75, 3.05) is 5.32 Å². The van der Waals surface area contributed by atoms with Crippen molar-refractivity contribution in [1.29, 1.82) is 0 Å². The number of aromatic nitrogens is 1. The van der Waals surface area contributed by atoms with E-state index in [-0.39, 0.29) is 17.6 Å². The first-order chi connectivity index (χ1) is 19.4. The van der Waals surface area contributed by atoms with Crippen LogP contribution in [0.5, 0.6) is 0 Å². The number of hydrazone groups is 1. The third-order valence-electron chi connectivity index (χ3n) is 6.98. The highest BCUT2D eigenvalue weighted by molar-refractivity contribution is 6.08. The first-order valence-corrected chi connectivity index (χ1v) is 13.2. The first-order valence-electron chi connectivity index (χ1n) is 13.2. The van der Waals surface area contributed by atoms with Gasteiger partial charge in [-0.15, -0.1) is 0 Å². The molecule has 0 radical (unpaired) electrons. The smallest absolute Gasteiger partial charge is 0.291 e. The van der Waals surface area contributed by atoms with Gasteiger partial charge in [-0.25, -0.2) is 10.4 Å². The van der Waals surface area contributed by atoms with E-state index in [4.69, 9.17) is 9.40 Å². The molecule has 0 bridgehead atoms. The zero-order valence-electron chi connectivity index (χ0n) is 22.6. The predicted octanol–water partition coefficient (Wildman–Crippen LogP) is 7.41. The van der Waals surface area contributed by atoms with Gasteiger partial charge in [0.2, 0.25) is 0 Å². The minimum Gasteiger partial charge on any atom is -0.459 e. The molecule has 1 unspecified atom stereocenters. The Morgan fingerprint density at radius 1 is 0.925 bits per heavy atom. The fourth-order valence-corrected chi connectivity index (χ4v) is 4.38. The van der Waals surface area contributed by atoms with Crippen molar-refractivity contribution in [2.45, 2.75) is 33.1 Å². The third kappa shape index (κ3) is 5.83. The number of furan rings is 1. The average molecular weight is 531 g/mol.